The van der Waals surface area contributed by atoms with Gasteiger partial charge in [-0.15, -0.1) is 0 Å². The molecule has 1 aliphatic heterocycles. The molecule has 0 atom stereocenters. The molecule has 1 amide bonds. The average molecular weight is 278 g/mol. The molecule has 0 spiro atoms. The van der Waals surface area contributed by atoms with Crippen LogP contribution in [0.1, 0.15) is 10.4 Å². The van der Waals surface area contributed by atoms with E-state index in [1.54, 1.807) is 17.0 Å². The van der Waals surface area contributed by atoms with Crippen molar-refractivity contribution >= 4 is 17.9 Å². The molecular formula is C14H18N2O4. The number of carbonyl (C=O) groups excluding carboxylic acids is 2. The van der Waals surface area contributed by atoms with Crippen LogP contribution in [-0.4, -0.2) is 58.0 Å². The van der Waals surface area contributed by atoms with Gasteiger partial charge >= 0.3 is 0 Å². The Labute approximate surface area is 117 Å². The number of ether oxygens (including phenoxy) is 2. The van der Waals surface area contributed by atoms with Gasteiger partial charge in [-0.1, -0.05) is 0 Å². The molecular weight excluding hydrogens is 260 g/mol. The van der Waals surface area contributed by atoms with Crippen LogP contribution in [0.25, 0.3) is 0 Å². The second kappa shape index (κ2) is 5.92. The van der Waals surface area contributed by atoms with Crippen molar-refractivity contribution < 1.29 is 19.1 Å². The van der Waals surface area contributed by atoms with E-state index in [-0.39, 0.29) is 12.5 Å². The predicted octanol–water partition coefficient (Wildman–Crippen LogP) is 0.795. The third-order valence-electron chi connectivity index (χ3n) is 3.12. The first-order valence-electron chi connectivity index (χ1n) is 6.32. The average Bonchev–Trinajstić information content (AvgIpc) is 2.44. The fourth-order valence-corrected chi connectivity index (χ4v) is 2.06. The van der Waals surface area contributed by atoms with Gasteiger partial charge in [-0.25, -0.2) is 0 Å². The lowest BCUT2D eigenvalue weighted by Crippen LogP contribution is -2.42. The van der Waals surface area contributed by atoms with Crippen LogP contribution in [0.15, 0.2) is 12.1 Å². The Morgan fingerprint density at radius 1 is 1.45 bits per heavy atom. The smallest absolute Gasteiger partial charge is 0.265 e. The summed E-state index contributed by atoms with van der Waals surface area (Å²) in [5, 5.41) is 0. The van der Waals surface area contributed by atoms with Crippen LogP contribution < -0.4 is 14.4 Å². The van der Waals surface area contributed by atoms with Crippen LogP contribution >= 0.6 is 0 Å². The summed E-state index contributed by atoms with van der Waals surface area (Å²) < 4.78 is 10.7. The maximum absolute atomic E-state index is 12.0. The van der Waals surface area contributed by atoms with Crippen molar-refractivity contribution in [1.82, 2.24) is 4.90 Å². The maximum Gasteiger partial charge on any atom is 0.265 e. The van der Waals surface area contributed by atoms with Gasteiger partial charge < -0.3 is 19.3 Å². The van der Waals surface area contributed by atoms with Crippen molar-refractivity contribution in [3.8, 4) is 11.5 Å². The van der Waals surface area contributed by atoms with Gasteiger partial charge in [0.1, 0.15) is 6.29 Å². The Morgan fingerprint density at radius 2 is 2.20 bits per heavy atom. The molecule has 0 fully saturated rings. The van der Waals surface area contributed by atoms with Crippen LogP contribution in [0.5, 0.6) is 11.5 Å². The molecule has 6 nitrogen and oxygen atoms in total. The topological polar surface area (TPSA) is 59.1 Å². The van der Waals surface area contributed by atoms with E-state index in [1.165, 1.54) is 7.11 Å². The monoisotopic (exact) mass is 278 g/mol. The zero-order valence-electron chi connectivity index (χ0n) is 11.9. The lowest BCUT2D eigenvalue weighted by Gasteiger charge is -2.31. The molecule has 0 N–H and O–H groups in total. The Hall–Kier alpha value is -2.08. The van der Waals surface area contributed by atoms with E-state index in [0.717, 1.165) is 12.8 Å². The van der Waals surface area contributed by atoms with Crippen molar-refractivity contribution in [3.63, 3.8) is 0 Å². The van der Waals surface area contributed by atoms with Gasteiger partial charge in [-0.2, -0.15) is 0 Å². The second-order valence-electron chi connectivity index (χ2n) is 4.83. The van der Waals surface area contributed by atoms with E-state index in [1.807, 2.05) is 19.0 Å². The highest BCUT2D eigenvalue weighted by Gasteiger charge is 2.28. The summed E-state index contributed by atoms with van der Waals surface area (Å²) in [5.41, 5.74) is 1.04. The normalized spacial score (nSPS) is 14.0. The number of carbonyl (C=O) groups is 2. The Kier molecular flexibility index (Phi) is 4.24. The predicted molar refractivity (Wildman–Crippen MR) is 74.8 cm³/mol. The first kappa shape index (κ1) is 14.3. The summed E-state index contributed by atoms with van der Waals surface area (Å²) in [5.74, 6) is 0.855. The molecule has 1 aliphatic rings. The molecule has 1 aromatic carbocycles. The lowest BCUT2D eigenvalue weighted by atomic mass is 10.1. The number of rotatable bonds is 5. The maximum atomic E-state index is 12.0. The van der Waals surface area contributed by atoms with Crippen LogP contribution in [0, 0.1) is 0 Å². The minimum Gasteiger partial charge on any atom is -0.493 e. The molecule has 0 unspecified atom stereocenters. The van der Waals surface area contributed by atoms with Gasteiger partial charge in [0, 0.05) is 18.7 Å². The number of amides is 1. The van der Waals surface area contributed by atoms with Gasteiger partial charge in [-0.05, 0) is 26.2 Å². The number of hydrogen-bond acceptors (Lipinski definition) is 5. The minimum atomic E-state index is -0.121. The van der Waals surface area contributed by atoms with Crippen molar-refractivity contribution in [2.75, 3.05) is 45.8 Å². The van der Waals surface area contributed by atoms with E-state index in [4.69, 9.17) is 9.47 Å². The number of hydrogen-bond donors (Lipinski definition) is 0. The Balaban J connectivity index is 2.42. The molecule has 0 aliphatic carbocycles. The summed E-state index contributed by atoms with van der Waals surface area (Å²) in [6.45, 7) is 1.24. The standard InChI is InChI=1S/C14H18N2O4/c1-15(2)4-5-16-11-6-10(8-17)7-12(19-3)14(11)20-9-13(16)18/h6-8H,4-5,9H2,1-3H3. The zero-order chi connectivity index (χ0) is 14.7. The Morgan fingerprint density at radius 3 is 2.80 bits per heavy atom. The summed E-state index contributed by atoms with van der Waals surface area (Å²) in [4.78, 5) is 26.7. The number of likely N-dealkylation sites (N-methyl/N-ethyl adjacent to an activating group) is 1. The lowest BCUT2D eigenvalue weighted by molar-refractivity contribution is -0.121. The van der Waals surface area contributed by atoms with E-state index >= 15 is 0 Å². The number of methoxy groups -OCH3 is 1. The molecule has 1 heterocycles. The SMILES string of the molecule is COc1cc(C=O)cc2c1OCC(=O)N2CCN(C)C. The molecule has 0 aromatic heterocycles. The molecule has 1 aromatic rings. The van der Waals surface area contributed by atoms with Gasteiger partial charge in [0.2, 0.25) is 0 Å². The van der Waals surface area contributed by atoms with Crippen LogP contribution in [-0.2, 0) is 4.79 Å². The molecule has 0 radical (unpaired) electrons. The van der Waals surface area contributed by atoms with E-state index in [0.29, 0.717) is 29.3 Å². The van der Waals surface area contributed by atoms with Gasteiger partial charge in [0.15, 0.2) is 18.1 Å². The number of fused-ring (bicyclic) bond motifs is 1. The fourth-order valence-electron chi connectivity index (χ4n) is 2.06. The second-order valence-corrected chi connectivity index (χ2v) is 4.83. The first-order valence-corrected chi connectivity index (χ1v) is 6.32. The van der Waals surface area contributed by atoms with Crippen LogP contribution in [0.4, 0.5) is 5.69 Å². The van der Waals surface area contributed by atoms with Gasteiger partial charge in [0.25, 0.3) is 5.91 Å². The van der Waals surface area contributed by atoms with E-state index in [2.05, 4.69) is 0 Å². The molecule has 0 bridgehead atoms. The first-order chi connectivity index (χ1) is 9.56. The molecule has 2 rings (SSSR count). The summed E-state index contributed by atoms with van der Waals surface area (Å²) in [6.07, 6.45) is 0.728. The van der Waals surface area contributed by atoms with Gasteiger partial charge in [-0.3, -0.25) is 9.59 Å². The summed E-state index contributed by atoms with van der Waals surface area (Å²) in [7, 11) is 5.39. The zero-order valence-corrected chi connectivity index (χ0v) is 11.9. The molecule has 6 heteroatoms. The fraction of sp³-hybridized carbons (Fsp3) is 0.429. The molecule has 0 saturated carbocycles. The third kappa shape index (κ3) is 2.75. The number of nitrogens with zero attached hydrogens (tertiary/aromatic N) is 2. The van der Waals surface area contributed by atoms with Crippen LogP contribution in [0.2, 0.25) is 0 Å². The summed E-state index contributed by atoms with van der Waals surface area (Å²) >= 11 is 0. The van der Waals surface area contributed by atoms with Crippen molar-refractivity contribution in [2.24, 2.45) is 0 Å². The van der Waals surface area contributed by atoms with Crippen LogP contribution in [0.3, 0.4) is 0 Å². The number of anilines is 1. The minimum absolute atomic E-state index is 0.0166. The molecule has 108 valence electrons. The molecule has 0 saturated heterocycles. The highest BCUT2D eigenvalue weighted by Crippen LogP contribution is 2.41. The van der Waals surface area contributed by atoms with Crippen molar-refractivity contribution in [1.29, 1.82) is 0 Å². The van der Waals surface area contributed by atoms with Crippen molar-refractivity contribution in [3.05, 3.63) is 17.7 Å². The summed E-state index contributed by atoms with van der Waals surface area (Å²) in [6, 6.07) is 3.25. The highest BCUT2D eigenvalue weighted by molar-refractivity contribution is 5.99. The van der Waals surface area contributed by atoms with Crippen molar-refractivity contribution in [2.45, 2.75) is 0 Å². The quantitative estimate of drug-likeness (QED) is 0.745. The Bertz CT molecular complexity index is 528. The van der Waals surface area contributed by atoms with Gasteiger partial charge in [0.05, 0.1) is 12.8 Å². The number of aldehydes is 1. The largest absolute Gasteiger partial charge is 0.493 e. The third-order valence-corrected chi connectivity index (χ3v) is 3.12. The number of benzene rings is 1. The molecule has 20 heavy (non-hydrogen) atoms. The highest BCUT2D eigenvalue weighted by atomic mass is 16.5. The van der Waals surface area contributed by atoms with E-state index in [9.17, 15) is 9.59 Å². The van der Waals surface area contributed by atoms with E-state index < -0.39 is 0 Å².